The van der Waals surface area contributed by atoms with Crippen LogP contribution in [0.25, 0.3) is 6.08 Å². The smallest absolute Gasteiger partial charge is 0.327 e. The summed E-state index contributed by atoms with van der Waals surface area (Å²) in [6, 6.07) is 11.4. The van der Waals surface area contributed by atoms with E-state index in [1.165, 1.54) is 12.2 Å². The third kappa shape index (κ3) is 2.82. The van der Waals surface area contributed by atoms with E-state index in [1.807, 2.05) is 30.3 Å². The van der Waals surface area contributed by atoms with E-state index < -0.39 is 10.6 Å². The molecule has 0 fully saturated rings. The van der Waals surface area contributed by atoms with Gasteiger partial charge in [-0.25, -0.2) is 0 Å². The molecule has 1 atom stereocenters. The first-order chi connectivity index (χ1) is 9.55. The molecule has 0 spiro atoms. The molecule has 1 aromatic carbocycles. The lowest BCUT2D eigenvalue weighted by atomic mass is 9.94. The molecule has 0 radical (unpaired) electrons. The Morgan fingerprint density at radius 2 is 2.15 bits per heavy atom. The van der Waals surface area contributed by atoms with Crippen LogP contribution in [-0.2, 0) is 0 Å². The van der Waals surface area contributed by atoms with Crippen LogP contribution < -0.4 is 0 Å². The van der Waals surface area contributed by atoms with E-state index in [4.69, 9.17) is 0 Å². The van der Waals surface area contributed by atoms with Gasteiger partial charge in [0.25, 0.3) is 0 Å². The first-order valence-corrected chi connectivity index (χ1v) is 5.99. The van der Waals surface area contributed by atoms with Crippen molar-refractivity contribution in [1.82, 2.24) is 0 Å². The zero-order valence-electron chi connectivity index (χ0n) is 10.6. The number of rotatable bonds is 3. The van der Waals surface area contributed by atoms with Crippen molar-refractivity contribution in [3.8, 4) is 6.07 Å². The summed E-state index contributed by atoms with van der Waals surface area (Å²) in [6.07, 6.45) is 5.57. The molecule has 0 heterocycles. The molecule has 0 aromatic heterocycles. The van der Waals surface area contributed by atoms with Crippen molar-refractivity contribution in [2.24, 2.45) is 0 Å². The van der Waals surface area contributed by atoms with Gasteiger partial charge in [-0.3, -0.25) is 10.1 Å². The number of nitriles is 1. The topological polar surface area (TPSA) is 87.2 Å². The highest BCUT2D eigenvalue weighted by atomic mass is 16.7. The minimum Gasteiger partial charge on any atom is -0.327 e. The molecule has 0 saturated heterocycles. The first kappa shape index (κ1) is 13.7. The maximum absolute atomic E-state index is 10.7. The van der Waals surface area contributed by atoms with Gasteiger partial charge < -0.3 is 5.11 Å². The van der Waals surface area contributed by atoms with E-state index in [-0.39, 0.29) is 6.42 Å². The van der Waals surface area contributed by atoms with Gasteiger partial charge in [-0.05, 0) is 23.3 Å². The molecule has 1 aliphatic carbocycles. The van der Waals surface area contributed by atoms with Crippen molar-refractivity contribution >= 4 is 6.08 Å². The summed E-state index contributed by atoms with van der Waals surface area (Å²) in [4.78, 5) is 9.96. The average Bonchev–Trinajstić information content (AvgIpc) is 2.47. The first-order valence-electron chi connectivity index (χ1n) is 5.99. The molecule has 0 saturated carbocycles. The Hall–Kier alpha value is -2.71. The van der Waals surface area contributed by atoms with Gasteiger partial charge in [0.1, 0.15) is 0 Å². The molecule has 20 heavy (non-hydrogen) atoms. The Morgan fingerprint density at radius 1 is 1.45 bits per heavy atom. The Morgan fingerprint density at radius 3 is 2.65 bits per heavy atom. The van der Waals surface area contributed by atoms with Crippen molar-refractivity contribution < 1.29 is 10.0 Å². The van der Waals surface area contributed by atoms with E-state index in [9.17, 15) is 20.5 Å². The number of benzene rings is 1. The van der Waals surface area contributed by atoms with Crippen LogP contribution in [0.4, 0.5) is 0 Å². The predicted octanol–water partition coefficient (Wildman–Crippen LogP) is 2.45. The highest BCUT2D eigenvalue weighted by molar-refractivity contribution is 5.66. The molecule has 2 rings (SSSR count). The molecular weight excluding hydrogens is 256 g/mol. The fraction of sp³-hybridized carbons (Fsp3) is 0.133. The molecule has 0 bridgehead atoms. The highest BCUT2D eigenvalue weighted by Gasteiger charge is 2.37. The summed E-state index contributed by atoms with van der Waals surface area (Å²) in [6.45, 7) is 0. The van der Waals surface area contributed by atoms with Gasteiger partial charge >= 0.3 is 5.72 Å². The van der Waals surface area contributed by atoms with Gasteiger partial charge in [-0.1, -0.05) is 36.4 Å². The van der Waals surface area contributed by atoms with E-state index >= 15 is 0 Å². The molecule has 1 N–H and O–H groups in total. The van der Waals surface area contributed by atoms with Crippen molar-refractivity contribution in [2.75, 3.05) is 0 Å². The summed E-state index contributed by atoms with van der Waals surface area (Å²) in [5, 5.41) is 29.6. The zero-order valence-corrected chi connectivity index (χ0v) is 10.6. The van der Waals surface area contributed by atoms with E-state index in [1.54, 1.807) is 6.08 Å². The van der Waals surface area contributed by atoms with Crippen LogP contribution in [0.15, 0.2) is 59.7 Å². The molecule has 1 aromatic rings. The van der Waals surface area contributed by atoms with Gasteiger partial charge in [-0.2, -0.15) is 5.26 Å². The second-order valence-electron chi connectivity index (χ2n) is 4.41. The SMILES string of the molecule is N#CC(=Cc1ccccc1)C1=CCC(O)([N+](=O)[O-])C=C1. The molecule has 5 heteroatoms. The molecule has 1 aliphatic rings. The van der Waals surface area contributed by atoms with Crippen LogP contribution in [-0.4, -0.2) is 15.8 Å². The molecule has 100 valence electrons. The lowest BCUT2D eigenvalue weighted by molar-refractivity contribution is -0.607. The maximum Gasteiger partial charge on any atom is 0.345 e. The molecule has 0 aliphatic heterocycles. The summed E-state index contributed by atoms with van der Waals surface area (Å²) in [7, 11) is 0. The number of nitrogens with zero attached hydrogens (tertiary/aromatic N) is 2. The van der Waals surface area contributed by atoms with Gasteiger partial charge in [0.2, 0.25) is 0 Å². The standard InChI is InChI=1S/C15H12N2O3/c16-11-14(10-12-4-2-1-3-5-12)13-6-8-15(18,9-7-13)17(19)20/h1-8,10,18H,9H2. The van der Waals surface area contributed by atoms with E-state index in [0.717, 1.165) is 11.6 Å². The third-order valence-electron chi connectivity index (χ3n) is 3.01. The number of nitro groups is 1. The van der Waals surface area contributed by atoms with Crippen LogP contribution in [0.3, 0.4) is 0 Å². The fourth-order valence-electron chi connectivity index (χ4n) is 1.85. The van der Waals surface area contributed by atoms with Crippen LogP contribution >= 0.6 is 0 Å². The summed E-state index contributed by atoms with van der Waals surface area (Å²) < 4.78 is 0. The number of hydrogen-bond donors (Lipinski definition) is 1. The summed E-state index contributed by atoms with van der Waals surface area (Å²) >= 11 is 0. The Labute approximate surface area is 115 Å². The summed E-state index contributed by atoms with van der Waals surface area (Å²) in [5.41, 5.74) is -0.231. The van der Waals surface area contributed by atoms with E-state index in [2.05, 4.69) is 6.07 Å². The lowest BCUT2D eigenvalue weighted by Gasteiger charge is -2.17. The van der Waals surface area contributed by atoms with Gasteiger partial charge in [-0.15, -0.1) is 0 Å². The van der Waals surface area contributed by atoms with Crippen molar-refractivity contribution in [3.63, 3.8) is 0 Å². The predicted molar refractivity (Wildman–Crippen MR) is 73.8 cm³/mol. The van der Waals surface area contributed by atoms with Crippen LogP contribution in [0.1, 0.15) is 12.0 Å². The second-order valence-corrected chi connectivity index (χ2v) is 4.41. The van der Waals surface area contributed by atoms with Crippen LogP contribution in [0, 0.1) is 21.4 Å². The molecule has 0 amide bonds. The second kappa shape index (κ2) is 5.51. The number of hydrogen-bond acceptors (Lipinski definition) is 4. The highest BCUT2D eigenvalue weighted by Crippen LogP contribution is 2.26. The van der Waals surface area contributed by atoms with Crippen molar-refractivity contribution in [3.05, 3.63) is 75.4 Å². The van der Waals surface area contributed by atoms with Gasteiger partial charge in [0.15, 0.2) is 0 Å². The van der Waals surface area contributed by atoms with E-state index in [0.29, 0.717) is 11.1 Å². The van der Waals surface area contributed by atoms with Gasteiger partial charge in [0, 0.05) is 6.08 Å². The minimum absolute atomic E-state index is 0.153. The number of allylic oxidation sites excluding steroid dienone is 3. The Kier molecular flexibility index (Phi) is 3.78. The van der Waals surface area contributed by atoms with Crippen molar-refractivity contribution in [1.29, 1.82) is 5.26 Å². The molecular formula is C15H12N2O3. The van der Waals surface area contributed by atoms with Crippen LogP contribution in [0.2, 0.25) is 0 Å². The Balaban J connectivity index is 2.27. The fourth-order valence-corrected chi connectivity index (χ4v) is 1.85. The quantitative estimate of drug-likeness (QED) is 0.395. The molecule has 5 nitrogen and oxygen atoms in total. The molecule has 1 unspecified atom stereocenters. The Bertz CT molecular complexity index is 653. The van der Waals surface area contributed by atoms with Gasteiger partial charge in [0.05, 0.1) is 23.0 Å². The van der Waals surface area contributed by atoms with Crippen LogP contribution in [0.5, 0.6) is 0 Å². The zero-order chi connectivity index (χ0) is 14.6. The largest absolute Gasteiger partial charge is 0.345 e. The minimum atomic E-state index is -2.07. The lowest BCUT2D eigenvalue weighted by Crippen LogP contribution is -2.36. The average molecular weight is 268 g/mol. The summed E-state index contributed by atoms with van der Waals surface area (Å²) in [5.74, 6) is 0. The monoisotopic (exact) mass is 268 g/mol. The number of aliphatic hydroxyl groups is 1. The third-order valence-corrected chi connectivity index (χ3v) is 3.01. The normalized spacial score (nSPS) is 22.0. The maximum atomic E-state index is 10.7. The van der Waals surface area contributed by atoms with Crippen molar-refractivity contribution in [2.45, 2.75) is 12.1 Å².